The minimum Gasteiger partial charge on any atom is -0.334 e. The summed E-state index contributed by atoms with van der Waals surface area (Å²) in [5.41, 5.74) is 3.23. The van der Waals surface area contributed by atoms with Crippen molar-refractivity contribution >= 4 is 0 Å². The summed E-state index contributed by atoms with van der Waals surface area (Å²) < 4.78 is 33.6. The van der Waals surface area contributed by atoms with Crippen molar-refractivity contribution in [2.45, 2.75) is 46.5 Å². The van der Waals surface area contributed by atoms with E-state index in [0.717, 1.165) is 18.9 Å². The van der Waals surface area contributed by atoms with Gasteiger partial charge in [-0.3, -0.25) is 0 Å². The van der Waals surface area contributed by atoms with Crippen LogP contribution in [0.25, 0.3) is 22.8 Å². The topological polar surface area (TPSA) is 38.9 Å². The Labute approximate surface area is 158 Å². The van der Waals surface area contributed by atoms with Gasteiger partial charge in [0.25, 0.3) is 11.8 Å². The zero-order valence-electron chi connectivity index (χ0n) is 16.1. The van der Waals surface area contributed by atoms with Gasteiger partial charge in [0, 0.05) is 23.6 Å². The van der Waals surface area contributed by atoms with E-state index in [1.807, 2.05) is 38.1 Å². The maximum atomic E-state index is 14.1. The molecule has 5 heteroatoms. The number of halogens is 2. The molecule has 0 unspecified atom stereocenters. The third-order valence-electron chi connectivity index (χ3n) is 4.50. The summed E-state index contributed by atoms with van der Waals surface area (Å²) in [4.78, 5) is 4.40. The first kappa shape index (κ1) is 19.2. The van der Waals surface area contributed by atoms with E-state index < -0.39 is 5.92 Å². The molecule has 0 bridgehead atoms. The summed E-state index contributed by atoms with van der Waals surface area (Å²) in [7, 11) is 0. The van der Waals surface area contributed by atoms with Gasteiger partial charge < -0.3 is 4.52 Å². The molecule has 0 aliphatic carbocycles. The molecule has 0 N–H and O–H groups in total. The first-order valence-corrected chi connectivity index (χ1v) is 9.22. The molecule has 3 rings (SSSR count). The fraction of sp³-hybridized carbons (Fsp3) is 0.364. The molecule has 27 heavy (non-hydrogen) atoms. The summed E-state index contributed by atoms with van der Waals surface area (Å²) in [5.74, 6) is -1.95. The molecule has 0 aliphatic rings. The van der Waals surface area contributed by atoms with Crippen LogP contribution in [0.5, 0.6) is 0 Å². The van der Waals surface area contributed by atoms with Crippen LogP contribution in [0, 0.1) is 5.92 Å². The Balaban J connectivity index is 1.95. The van der Waals surface area contributed by atoms with Gasteiger partial charge in [-0.05, 0) is 48.1 Å². The molecule has 0 spiro atoms. The van der Waals surface area contributed by atoms with Crippen LogP contribution in [0.1, 0.15) is 44.4 Å². The molecule has 3 nitrogen and oxygen atoms in total. The highest BCUT2D eigenvalue weighted by molar-refractivity contribution is 5.61. The first-order chi connectivity index (χ1) is 12.8. The van der Waals surface area contributed by atoms with Crippen molar-refractivity contribution < 1.29 is 13.3 Å². The van der Waals surface area contributed by atoms with Gasteiger partial charge in [-0.15, -0.1) is 0 Å². The molecule has 0 amide bonds. The molecule has 2 aromatic carbocycles. The number of aryl methyl sites for hydroxylation is 1. The molecule has 0 radical (unpaired) electrons. The lowest BCUT2D eigenvalue weighted by molar-refractivity contribution is 0.0165. The van der Waals surface area contributed by atoms with Crippen LogP contribution in [0.3, 0.4) is 0 Å². The van der Waals surface area contributed by atoms with E-state index >= 15 is 0 Å². The molecule has 0 saturated heterocycles. The Morgan fingerprint density at radius 1 is 1.04 bits per heavy atom. The highest BCUT2D eigenvalue weighted by atomic mass is 19.3. The fourth-order valence-electron chi connectivity index (χ4n) is 3.08. The van der Waals surface area contributed by atoms with E-state index in [2.05, 4.69) is 17.1 Å². The average Bonchev–Trinajstić information content (AvgIpc) is 3.11. The molecule has 1 aromatic heterocycles. The second kappa shape index (κ2) is 7.59. The van der Waals surface area contributed by atoms with Crippen molar-refractivity contribution in [1.29, 1.82) is 0 Å². The van der Waals surface area contributed by atoms with Gasteiger partial charge >= 0.3 is 0 Å². The standard InChI is InChI=1S/C22H24F2N2O/c1-5-15-6-8-16(9-7-15)21-25-20(26-27-21)18-11-10-17(12-14(2)3)19(13-18)22(4,23)24/h6-11,13-14H,5,12H2,1-4H3. The van der Waals surface area contributed by atoms with Crippen LogP contribution in [0.4, 0.5) is 8.78 Å². The maximum Gasteiger partial charge on any atom is 0.270 e. The Morgan fingerprint density at radius 2 is 1.70 bits per heavy atom. The number of rotatable bonds is 6. The van der Waals surface area contributed by atoms with Crippen molar-refractivity contribution in [1.82, 2.24) is 10.1 Å². The Kier molecular flexibility index (Phi) is 5.40. The first-order valence-electron chi connectivity index (χ1n) is 9.22. The normalized spacial score (nSPS) is 12.0. The maximum absolute atomic E-state index is 14.1. The number of benzene rings is 2. The number of hydrogen-bond acceptors (Lipinski definition) is 3. The van der Waals surface area contributed by atoms with Crippen molar-refractivity contribution in [3.8, 4) is 22.8 Å². The lowest BCUT2D eigenvalue weighted by Gasteiger charge is -2.18. The Morgan fingerprint density at radius 3 is 2.30 bits per heavy atom. The minimum atomic E-state index is -2.93. The second-order valence-electron chi connectivity index (χ2n) is 7.33. The molecule has 1 heterocycles. The van der Waals surface area contributed by atoms with Gasteiger partial charge in [0.2, 0.25) is 5.82 Å². The van der Waals surface area contributed by atoms with Gasteiger partial charge in [-0.2, -0.15) is 4.98 Å². The van der Waals surface area contributed by atoms with E-state index in [4.69, 9.17) is 4.52 Å². The Hall–Kier alpha value is -2.56. The zero-order chi connectivity index (χ0) is 19.6. The molecule has 142 valence electrons. The van der Waals surface area contributed by atoms with Crippen LogP contribution in [-0.4, -0.2) is 10.1 Å². The summed E-state index contributed by atoms with van der Waals surface area (Å²) in [6, 6.07) is 12.9. The van der Waals surface area contributed by atoms with Gasteiger partial charge in [-0.25, -0.2) is 8.78 Å². The number of hydrogen-bond donors (Lipinski definition) is 0. The molecule has 3 aromatic rings. The third-order valence-corrected chi connectivity index (χ3v) is 4.50. The quantitative estimate of drug-likeness (QED) is 0.513. The van der Waals surface area contributed by atoms with Gasteiger partial charge in [-0.1, -0.05) is 50.2 Å². The van der Waals surface area contributed by atoms with Crippen molar-refractivity contribution in [3.63, 3.8) is 0 Å². The molecule has 0 saturated carbocycles. The second-order valence-corrected chi connectivity index (χ2v) is 7.33. The predicted molar refractivity (Wildman–Crippen MR) is 103 cm³/mol. The highest BCUT2D eigenvalue weighted by Gasteiger charge is 2.28. The smallest absolute Gasteiger partial charge is 0.270 e. The van der Waals surface area contributed by atoms with Crippen LogP contribution < -0.4 is 0 Å². The molecule has 0 aliphatic heterocycles. The summed E-state index contributed by atoms with van der Waals surface area (Å²) in [6.45, 7) is 7.04. The lowest BCUT2D eigenvalue weighted by Crippen LogP contribution is -2.12. The van der Waals surface area contributed by atoms with Crippen LogP contribution in [0.15, 0.2) is 47.0 Å². The van der Waals surface area contributed by atoms with E-state index in [0.29, 0.717) is 35.2 Å². The van der Waals surface area contributed by atoms with Gasteiger partial charge in [0.05, 0.1) is 0 Å². The molecular weight excluding hydrogens is 346 g/mol. The van der Waals surface area contributed by atoms with Gasteiger partial charge in [0.1, 0.15) is 0 Å². The molecular formula is C22H24F2N2O. The van der Waals surface area contributed by atoms with E-state index in [1.165, 1.54) is 11.6 Å². The van der Waals surface area contributed by atoms with Crippen molar-refractivity contribution in [2.75, 3.05) is 0 Å². The van der Waals surface area contributed by atoms with E-state index in [9.17, 15) is 8.78 Å². The number of nitrogens with zero attached hydrogens (tertiary/aromatic N) is 2. The van der Waals surface area contributed by atoms with Crippen LogP contribution >= 0.6 is 0 Å². The minimum absolute atomic E-state index is 0.0207. The summed E-state index contributed by atoms with van der Waals surface area (Å²) in [5, 5.41) is 3.99. The SMILES string of the molecule is CCc1ccc(-c2nc(-c3ccc(CC(C)C)c(C(C)(F)F)c3)no2)cc1. The van der Waals surface area contributed by atoms with Gasteiger partial charge in [0.15, 0.2) is 0 Å². The number of alkyl halides is 2. The van der Waals surface area contributed by atoms with Crippen LogP contribution in [0.2, 0.25) is 0 Å². The summed E-state index contributed by atoms with van der Waals surface area (Å²) in [6.07, 6.45) is 1.55. The predicted octanol–water partition coefficient (Wildman–Crippen LogP) is 6.28. The largest absolute Gasteiger partial charge is 0.334 e. The third kappa shape index (κ3) is 4.41. The Bertz CT molecular complexity index is 909. The zero-order valence-corrected chi connectivity index (χ0v) is 16.1. The highest BCUT2D eigenvalue weighted by Crippen LogP contribution is 2.34. The number of aromatic nitrogens is 2. The van der Waals surface area contributed by atoms with E-state index in [1.54, 1.807) is 12.1 Å². The van der Waals surface area contributed by atoms with Crippen molar-refractivity contribution in [3.05, 3.63) is 59.2 Å². The monoisotopic (exact) mass is 370 g/mol. The fourth-order valence-corrected chi connectivity index (χ4v) is 3.08. The lowest BCUT2D eigenvalue weighted by atomic mass is 9.93. The summed E-state index contributed by atoms with van der Waals surface area (Å²) >= 11 is 0. The molecule has 0 fully saturated rings. The molecule has 0 atom stereocenters. The van der Waals surface area contributed by atoms with E-state index in [-0.39, 0.29) is 5.56 Å². The van der Waals surface area contributed by atoms with Crippen LogP contribution in [-0.2, 0) is 18.8 Å². The van der Waals surface area contributed by atoms with Crippen molar-refractivity contribution in [2.24, 2.45) is 5.92 Å². The average molecular weight is 370 g/mol.